The largest absolute Gasteiger partial charge is 0.493 e. The third-order valence-corrected chi connectivity index (χ3v) is 6.38. The molecule has 2 aromatic carbocycles. The van der Waals surface area contributed by atoms with Crippen LogP contribution >= 0.6 is 43.5 Å². The molecule has 168 valence electrons. The number of carbonyl (C=O) groups is 1. The number of rotatable bonds is 7. The summed E-state index contributed by atoms with van der Waals surface area (Å²) in [6, 6.07) is 6.94. The van der Waals surface area contributed by atoms with E-state index in [-0.39, 0.29) is 28.7 Å². The van der Waals surface area contributed by atoms with Crippen LogP contribution in [0.3, 0.4) is 0 Å². The summed E-state index contributed by atoms with van der Waals surface area (Å²) in [5, 5.41) is 4.98. The van der Waals surface area contributed by atoms with Crippen molar-refractivity contribution in [2.45, 2.75) is 13.3 Å². The van der Waals surface area contributed by atoms with E-state index in [9.17, 15) is 9.59 Å². The monoisotopic (exact) mass is 585 g/mol. The Labute approximate surface area is 205 Å². The van der Waals surface area contributed by atoms with Crippen molar-refractivity contribution >= 4 is 66.5 Å². The van der Waals surface area contributed by atoms with Gasteiger partial charge in [-0.1, -0.05) is 34.5 Å². The molecule has 0 saturated carbocycles. The van der Waals surface area contributed by atoms with Crippen molar-refractivity contribution < 1.29 is 19.0 Å². The number of aryl methyl sites for hydroxylation is 1. The fourth-order valence-electron chi connectivity index (χ4n) is 2.84. The number of hydrogen-bond acceptors (Lipinski definition) is 7. The summed E-state index contributed by atoms with van der Waals surface area (Å²) < 4.78 is 17.8. The summed E-state index contributed by atoms with van der Waals surface area (Å²) in [5.41, 5.74) is 0.830. The van der Waals surface area contributed by atoms with Gasteiger partial charge in [0.1, 0.15) is 10.8 Å². The number of nitrogens with zero attached hydrogens (tertiary/aromatic N) is 3. The summed E-state index contributed by atoms with van der Waals surface area (Å²) in [4.78, 5) is 29.0. The number of esters is 1. The highest BCUT2D eigenvalue weighted by Crippen LogP contribution is 2.42. The molecule has 0 aliphatic heterocycles. The van der Waals surface area contributed by atoms with Crippen LogP contribution in [0.4, 0.5) is 0 Å². The standard InChI is InChI=1S/C21H18Br2ClN3O5/c1-4-16-26-14-6-5-12(22)8-13(14)21(29)27(16)25-9-11-7-15(30-2)20(19(24)18(11)23)32-10-17(28)31-3/h5-9H,4,10H2,1-3H3. The van der Waals surface area contributed by atoms with Crippen LogP contribution in [0.1, 0.15) is 18.3 Å². The van der Waals surface area contributed by atoms with Gasteiger partial charge in [-0.2, -0.15) is 9.78 Å². The summed E-state index contributed by atoms with van der Waals surface area (Å²) in [6.07, 6.45) is 1.97. The third-order valence-electron chi connectivity index (χ3n) is 4.44. The number of halogens is 3. The Morgan fingerprint density at radius 1 is 1.28 bits per heavy atom. The molecular formula is C21H18Br2ClN3O5. The zero-order chi connectivity index (χ0) is 23.4. The molecule has 0 unspecified atom stereocenters. The van der Waals surface area contributed by atoms with Crippen LogP contribution in [-0.4, -0.2) is 42.7 Å². The Bertz CT molecular complexity index is 1280. The number of hydrogen-bond donors (Lipinski definition) is 0. The molecule has 3 rings (SSSR count). The molecule has 0 atom stereocenters. The normalized spacial score (nSPS) is 11.2. The first kappa shape index (κ1) is 24.2. The minimum absolute atomic E-state index is 0.173. The molecule has 1 heterocycles. The SMILES string of the molecule is CCc1nc2ccc(Br)cc2c(=O)n1N=Cc1cc(OC)c(OCC(=O)OC)c(Cl)c1Br. The zero-order valence-electron chi connectivity index (χ0n) is 17.3. The summed E-state index contributed by atoms with van der Waals surface area (Å²) >= 11 is 13.2. The lowest BCUT2D eigenvalue weighted by atomic mass is 10.2. The smallest absolute Gasteiger partial charge is 0.343 e. The molecule has 1 aromatic heterocycles. The Morgan fingerprint density at radius 3 is 2.69 bits per heavy atom. The van der Waals surface area contributed by atoms with Gasteiger partial charge in [0.25, 0.3) is 5.56 Å². The zero-order valence-corrected chi connectivity index (χ0v) is 21.2. The minimum Gasteiger partial charge on any atom is -0.493 e. The van der Waals surface area contributed by atoms with Crippen LogP contribution in [0.5, 0.6) is 11.5 Å². The maximum absolute atomic E-state index is 13.1. The number of aromatic nitrogens is 2. The molecule has 3 aromatic rings. The summed E-state index contributed by atoms with van der Waals surface area (Å²) in [6.45, 7) is 1.56. The fourth-order valence-corrected chi connectivity index (χ4v) is 3.85. The predicted molar refractivity (Wildman–Crippen MR) is 129 cm³/mol. The van der Waals surface area contributed by atoms with Gasteiger partial charge in [-0.25, -0.2) is 9.78 Å². The van der Waals surface area contributed by atoms with Crippen molar-refractivity contribution in [1.29, 1.82) is 0 Å². The number of benzene rings is 2. The molecule has 0 radical (unpaired) electrons. The van der Waals surface area contributed by atoms with Crippen molar-refractivity contribution in [3.05, 3.63) is 60.0 Å². The van der Waals surface area contributed by atoms with E-state index in [0.717, 1.165) is 4.47 Å². The Morgan fingerprint density at radius 2 is 2.03 bits per heavy atom. The van der Waals surface area contributed by atoms with Crippen molar-refractivity contribution in [3.63, 3.8) is 0 Å². The molecule has 0 fully saturated rings. The van der Waals surface area contributed by atoms with E-state index in [0.29, 0.717) is 33.2 Å². The van der Waals surface area contributed by atoms with Crippen molar-refractivity contribution in [2.24, 2.45) is 5.10 Å². The van der Waals surface area contributed by atoms with E-state index >= 15 is 0 Å². The quantitative estimate of drug-likeness (QED) is 0.297. The molecule has 0 bridgehead atoms. The van der Waals surface area contributed by atoms with Crippen LogP contribution in [0.2, 0.25) is 5.02 Å². The average Bonchev–Trinajstić information content (AvgIpc) is 2.79. The maximum atomic E-state index is 13.1. The van der Waals surface area contributed by atoms with E-state index in [1.165, 1.54) is 25.1 Å². The van der Waals surface area contributed by atoms with Crippen LogP contribution in [0, 0.1) is 0 Å². The molecule has 0 saturated heterocycles. The van der Waals surface area contributed by atoms with Crippen LogP contribution < -0.4 is 15.0 Å². The number of methoxy groups -OCH3 is 2. The lowest BCUT2D eigenvalue weighted by Crippen LogP contribution is -2.22. The first-order chi connectivity index (χ1) is 15.3. The van der Waals surface area contributed by atoms with E-state index in [4.69, 9.17) is 21.1 Å². The van der Waals surface area contributed by atoms with Gasteiger partial charge in [-0.05, 0) is 40.2 Å². The number of fused-ring (bicyclic) bond motifs is 1. The van der Waals surface area contributed by atoms with Gasteiger partial charge in [0.05, 0.1) is 31.3 Å². The van der Waals surface area contributed by atoms with Crippen molar-refractivity contribution in [3.8, 4) is 11.5 Å². The second-order valence-corrected chi connectivity index (χ2v) is 8.48. The highest BCUT2D eigenvalue weighted by molar-refractivity contribution is 9.10. The Kier molecular flexibility index (Phi) is 7.91. The molecule has 11 heteroatoms. The Balaban J connectivity index is 2.07. The molecule has 0 spiro atoms. The van der Waals surface area contributed by atoms with Gasteiger partial charge in [0.15, 0.2) is 18.1 Å². The van der Waals surface area contributed by atoms with Crippen LogP contribution in [-0.2, 0) is 16.0 Å². The van der Waals surface area contributed by atoms with E-state index in [1.807, 2.05) is 13.0 Å². The van der Waals surface area contributed by atoms with Gasteiger partial charge < -0.3 is 14.2 Å². The number of carbonyl (C=O) groups excluding carboxylic acids is 1. The minimum atomic E-state index is -0.563. The summed E-state index contributed by atoms with van der Waals surface area (Å²) in [5.74, 6) is 0.402. The maximum Gasteiger partial charge on any atom is 0.343 e. The molecule has 0 aliphatic rings. The Hall–Kier alpha value is -2.43. The third kappa shape index (κ3) is 4.97. The molecule has 32 heavy (non-hydrogen) atoms. The first-order valence-corrected chi connectivity index (χ1v) is 11.3. The van der Waals surface area contributed by atoms with Gasteiger partial charge in [-0.15, -0.1) is 0 Å². The van der Waals surface area contributed by atoms with Crippen molar-refractivity contribution in [2.75, 3.05) is 20.8 Å². The summed E-state index contributed by atoms with van der Waals surface area (Å²) in [7, 11) is 2.70. The van der Waals surface area contributed by atoms with Crippen LogP contribution in [0.15, 0.2) is 43.1 Å². The van der Waals surface area contributed by atoms with Gasteiger partial charge in [0, 0.05) is 20.9 Å². The molecule has 0 aliphatic carbocycles. The number of ether oxygens (including phenoxy) is 3. The van der Waals surface area contributed by atoms with E-state index in [1.54, 1.807) is 18.2 Å². The lowest BCUT2D eigenvalue weighted by molar-refractivity contribution is -0.142. The van der Waals surface area contributed by atoms with Gasteiger partial charge >= 0.3 is 5.97 Å². The molecule has 0 N–H and O–H groups in total. The molecular weight excluding hydrogens is 570 g/mol. The van der Waals surface area contributed by atoms with Crippen molar-refractivity contribution in [1.82, 2.24) is 9.66 Å². The highest BCUT2D eigenvalue weighted by Gasteiger charge is 2.18. The molecule has 0 amide bonds. The molecule has 8 nitrogen and oxygen atoms in total. The van der Waals surface area contributed by atoms with Crippen LogP contribution in [0.25, 0.3) is 10.9 Å². The van der Waals surface area contributed by atoms with Gasteiger partial charge in [0.2, 0.25) is 0 Å². The fraction of sp³-hybridized carbons (Fsp3) is 0.238. The van der Waals surface area contributed by atoms with E-state index in [2.05, 4.69) is 46.7 Å². The highest BCUT2D eigenvalue weighted by atomic mass is 79.9. The average molecular weight is 588 g/mol. The predicted octanol–water partition coefficient (Wildman–Crippen LogP) is 4.58. The topological polar surface area (TPSA) is 92.0 Å². The second kappa shape index (κ2) is 10.5. The lowest BCUT2D eigenvalue weighted by Gasteiger charge is -2.14. The second-order valence-electron chi connectivity index (χ2n) is 6.39. The first-order valence-electron chi connectivity index (χ1n) is 9.31. The van der Waals surface area contributed by atoms with E-state index < -0.39 is 5.97 Å². The van der Waals surface area contributed by atoms with Gasteiger partial charge in [-0.3, -0.25) is 4.79 Å².